The predicted octanol–water partition coefficient (Wildman–Crippen LogP) is 11.5. The number of fused-ring (bicyclic) bond motifs is 6. The molecule has 4 aromatic rings. The van der Waals surface area contributed by atoms with Gasteiger partial charge in [-0.1, -0.05) is 97.8 Å². The number of para-hydroxylation sites is 1. The Bertz CT molecular complexity index is 2450. The van der Waals surface area contributed by atoms with Gasteiger partial charge in [0.2, 0.25) is 5.60 Å². The number of carbonyl (C=O) groups is 3. The number of rotatable bonds is 18. The van der Waals surface area contributed by atoms with Crippen LogP contribution in [0.25, 0.3) is 22.3 Å². The number of pyridine rings is 2. The lowest BCUT2D eigenvalue weighted by atomic mass is 9.83. The van der Waals surface area contributed by atoms with Crippen LogP contribution in [0, 0.1) is 38.5 Å². The predicted molar refractivity (Wildman–Crippen MR) is 246 cm³/mol. The van der Waals surface area contributed by atoms with Crippen molar-refractivity contribution in [1.82, 2.24) is 9.55 Å². The van der Waals surface area contributed by atoms with Gasteiger partial charge in [0.05, 0.1) is 41.9 Å². The number of nitrogens with zero attached hydrogens (tertiary/aromatic N) is 2. The van der Waals surface area contributed by atoms with Gasteiger partial charge in [0, 0.05) is 22.1 Å². The Labute approximate surface area is 373 Å². The first-order valence-electron chi connectivity index (χ1n) is 23.6. The van der Waals surface area contributed by atoms with Crippen LogP contribution in [-0.4, -0.2) is 33.1 Å². The largest absolute Gasteiger partial charge is 0.487 e. The molecule has 63 heavy (non-hydrogen) atoms. The van der Waals surface area contributed by atoms with Gasteiger partial charge in [-0.3, -0.25) is 14.4 Å². The molecule has 0 saturated heterocycles. The summed E-state index contributed by atoms with van der Waals surface area (Å²) in [4.78, 5) is 59.4. The number of aromatic nitrogens is 2. The zero-order chi connectivity index (χ0) is 45.2. The molecule has 0 spiro atoms. The molecule has 0 saturated carbocycles. The van der Waals surface area contributed by atoms with E-state index in [1.807, 2.05) is 51.1 Å². The molecule has 7 rings (SSSR count). The third-order valence-corrected chi connectivity index (χ3v) is 14.3. The average molecular weight is 861 g/mol. The third kappa shape index (κ3) is 9.61. The van der Waals surface area contributed by atoms with E-state index in [9.17, 15) is 19.2 Å². The molecule has 0 amide bonds. The van der Waals surface area contributed by atoms with Gasteiger partial charge in [-0.25, -0.2) is 9.78 Å². The number of hydrogen-bond donors (Lipinski definition) is 0. The highest BCUT2D eigenvalue weighted by Crippen LogP contribution is 2.46. The fourth-order valence-corrected chi connectivity index (χ4v) is 10.1. The van der Waals surface area contributed by atoms with Crippen molar-refractivity contribution in [3.05, 3.63) is 85.7 Å². The quantitative estimate of drug-likeness (QED) is 0.0626. The Morgan fingerprint density at radius 3 is 2.25 bits per heavy atom. The molecule has 5 heterocycles. The summed E-state index contributed by atoms with van der Waals surface area (Å²) in [7, 11) is 0. The Morgan fingerprint density at radius 2 is 1.54 bits per heavy atom. The van der Waals surface area contributed by atoms with Crippen molar-refractivity contribution in [2.75, 3.05) is 0 Å². The van der Waals surface area contributed by atoms with E-state index in [0.717, 1.165) is 82.0 Å². The van der Waals surface area contributed by atoms with E-state index in [0.29, 0.717) is 35.2 Å². The van der Waals surface area contributed by atoms with Gasteiger partial charge in [-0.15, -0.1) is 0 Å². The van der Waals surface area contributed by atoms with Crippen molar-refractivity contribution in [2.24, 2.45) is 17.8 Å². The molecule has 0 fully saturated rings. The van der Waals surface area contributed by atoms with Gasteiger partial charge >= 0.3 is 17.9 Å². The smallest absolute Gasteiger partial charge is 0.355 e. The van der Waals surface area contributed by atoms with Crippen LogP contribution in [0.5, 0.6) is 11.5 Å². The van der Waals surface area contributed by atoms with Gasteiger partial charge in [0.1, 0.15) is 23.7 Å². The van der Waals surface area contributed by atoms with Gasteiger partial charge in [0.15, 0.2) is 0 Å². The van der Waals surface area contributed by atoms with Crippen LogP contribution in [-0.2, 0) is 49.0 Å². The molecule has 0 aliphatic carbocycles. The molecule has 3 aliphatic heterocycles. The second-order valence-corrected chi connectivity index (χ2v) is 19.6. The number of cyclic esters (lactones) is 1. The minimum absolute atomic E-state index is 0.0290. The maximum absolute atomic E-state index is 13.9. The summed E-state index contributed by atoms with van der Waals surface area (Å²) in [5.41, 5.74) is 4.69. The minimum atomic E-state index is -1.86. The SMILES string of the molecule is CC[C@@]1(OC(=O)CCC(=O)Oc2c(C)c(C)c3c(c2C)CC[C@@](C)(CCC[C@H](C)CCC[C@H](C)CCCC(C)C)O3)C(=O)OCc2c1cc1n(c2=O)Cc2cc3ccccc3nc2-1. The van der Waals surface area contributed by atoms with Crippen LogP contribution < -0.4 is 15.0 Å². The molecule has 0 radical (unpaired) electrons. The van der Waals surface area contributed by atoms with E-state index < -0.39 is 23.5 Å². The first-order chi connectivity index (χ1) is 30.0. The van der Waals surface area contributed by atoms with E-state index in [4.69, 9.17) is 23.9 Å². The molecule has 2 aromatic carbocycles. The van der Waals surface area contributed by atoms with E-state index in [1.54, 1.807) is 17.6 Å². The van der Waals surface area contributed by atoms with Gasteiger partial charge in [-0.2, -0.15) is 0 Å². The molecule has 0 bridgehead atoms. The number of hydrogen-bond acceptors (Lipinski definition) is 9. The Kier molecular flexibility index (Phi) is 13.9. The van der Waals surface area contributed by atoms with Crippen molar-refractivity contribution < 1.29 is 33.3 Å². The topological polar surface area (TPSA) is 123 Å². The minimum Gasteiger partial charge on any atom is -0.487 e. The molecule has 4 atom stereocenters. The number of benzene rings is 2. The monoisotopic (exact) mass is 860 g/mol. The summed E-state index contributed by atoms with van der Waals surface area (Å²) in [6, 6.07) is 11.5. The molecular weight excluding hydrogens is 793 g/mol. The maximum Gasteiger partial charge on any atom is 0.355 e. The van der Waals surface area contributed by atoms with Gasteiger partial charge < -0.3 is 23.5 Å². The number of ether oxygens (including phenoxy) is 4. The molecule has 338 valence electrons. The highest BCUT2D eigenvalue weighted by molar-refractivity contribution is 5.89. The Balaban J connectivity index is 0.958. The van der Waals surface area contributed by atoms with Crippen molar-refractivity contribution in [3.63, 3.8) is 0 Å². The molecular formula is C53H68N2O8. The first-order valence-corrected chi connectivity index (χ1v) is 23.6. The Hall–Kier alpha value is -4.99. The summed E-state index contributed by atoms with van der Waals surface area (Å²) in [5.74, 6) is 1.58. The number of carbonyl (C=O) groups excluding carboxylic acids is 3. The second kappa shape index (κ2) is 19.0. The van der Waals surface area contributed by atoms with Crippen LogP contribution in [0.4, 0.5) is 0 Å². The average Bonchev–Trinajstić information content (AvgIpc) is 3.61. The van der Waals surface area contributed by atoms with Crippen LogP contribution in [0.1, 0.15) is 164 Å². The van der Waals surface area contributed by atoms with Crippen molar-refractivity contribution in [3.8, 4) is 22.9 Å². The van der Waals surface area contributed by atoms with Crippen LogP contribution in [0.3, 0.4) is 0 Å². The highest BCUT2D eigenvalue weighted by atomic mass is 16.6. The molecule has 2 aromatic heterocycles. The summed E-state index contributed by atoms with van der Waals surface area (Å²) < 4.78 is 25.9. The second-order valence-electron chi connectivity index (χ2n) is 19.6. The molecule has 0 unspecified atom stereocenters. The molecule has 10 nitrogen and oxygen atoms in total. The van der Waals surface area contributed by atoms with Gasteiger partial charge in [-0.05, 0) is 112 Å². The van der Waals surface area contributed by atoms with Crippen LogP contribution in [0.2, 0.25) is 0 Å². The summed E-state index contributed by atoms with van der Waals surface area (Å²) in [6.45, 7) is 19.4. The fourth-order valence-electron chi connectivity index (χ4n) is 10.1. The van der Waals surface area contributed by atoms with Crippen molar-refractivity contribution in [2.45, 2.75) is 177 Å². The number of esters is 3. The van der Waals surface area contributed by atoms with E-state index in [-0.39, 0.29) is 42.6 Å². The van der Waals surface area contributed by atoms with Crippen LogP contribution >= 0.6 is 0 Å². The normalized spacial score (nSPS) is 19.7. The lowest BCUT2D eigenvalue weighted by Crippen LogP contribution is -2.47. The van der Waals surface area contributed by atoms with Crippen LogP contribution in [0.15, 0.2) is 41.2 Å². The zero-order valence-corrected chi connectivity index (χ0v) is 39.2. The van der Waals surface area contributed by atoms with E-state index >= 15 is 0 Å². The van der Waals surface area contributed by atoms with Gasteiger partial charge in [0.25, 0.3) is 5.56 Å². The van der Waals surface area contributed by atoms with Crippen molar-refractivity contribution in [1.29, 1.82) is 0 Å². The standard InChI is InChI=1S/C53H68N2O8/c1-10-53(42-29-44-47-39(28-38-21-11-12-22-43(38)54-47)30-55(44)50(58)41(42)31-60-51(53)59)62-46(57)24-23-45(56)61-48-35(6)36(7)49-40(37(48)8)25-27-52(9,63-49)26-15-20-34(5)19-14-18-33(4)17-13-16-32(2)3/h11-12,21-22,28-29,32-34H,10,13-20,23-27,30-31H2,1-9H3/t33-,34-,52-,53+/m1/s1. The maximum atomic E-state index is 13.9. The summed E-state index contributed by atoms with van der Waals surface area (Å²) in [5, 5.41) is 0.962. The lowest BCUT2D eigenvalue weighted by molar-refractivity contribution is -0.189. The lowest BCUT2D eigenvalue weighted by Gasteiger charge is -2.38. The fraction of sp³-hybridized carbons (Fsp3) is 0.566. The summed E-state index contributed by atoms with van der Waals surface area (Å²) in [6.07, 6.45) is 12.4. The third-order valence-electron chi connectivity index (χ3n) is 14.3. The van der Waals surface area contributed by atoms with E-state index in [1.165, 1.54) is 44.9 Å². The summed E-state index contributed by atoms with van der Waals surface area (Å²) >= 11 is 0. The molecule has 10 heteroatoms. The highest BCUT2D eigenvalue weighted by Gasteiger charge is 2.50. The Morgan fingerprint density at radius 1 is 0.857 bits per heavy atom. The first kappa shape index (κ1) is 46.0. The molecule has 3 aliphatic rings. The van der Waals surface area contributed by atoms with Crippen molar-refractivity contribution >= 4 is 28.8 Å². The zero-order valence-electron chi connectivity index (χ0n) is 39.2. The van der Waals surface area contributed by atoms with E-state index in [2.05, 4.69) is 34.6 Å². The molecule has 0 N–H and O–H groups in total.